The van der Waals surface area contributed by atoms with Crippen LogP contribution in [0.1, 0.15) is 69.3 Å². The first-order chi connectivity index (χ1) is 15.0. The molecule has 0 aromatic carbocycles. The summed E-state index contributed by atoms with van der Waals surface area (Å²) in [5.74, 6) is 1.53. The summed E-state index contributed by atoms with van der Waals surface area (Å²) in [4.78, 5) is 26.7. The lowest BCUT2D eigenvalue weighted by molar-refractivity contribution is 0.0936. The number of aryl methyl sites for hydroxylation is 4. The summed E-state index contributed by atoms with van der Waals surface area (Å²) in [5, 5.41) is 13.9. The van der Waals surface area contributed by atoms with Crippen molar-refractivity contribution in [3.63, 3.8) is 0 Å². The Balaban J connectivity index is 1.27. The van der Waals surface area contributed by atoms with Gasteiger partial charge in [-0.1, -0.05) is 5.16 Å². The van der Waals surface area contributed by atoms with Crippen LogP contribution in [0.3, 0.4) is 0 Å². The molecule has 31 heavy (non-hydrogen) atoms. The van der Waals surface area contributed by atoms with Crippen LogP contribution in [0.2, 0.25) is 0 Å². The highest BCUT2D eigenvalue weighted by molar-refractivity contribution is 7.12. The van der Waals surface area contributed by atoms with Crippen molar-refractivity contribution in [3.05, 3.63) is 54.7 Å². The lowest BCUT2D eigenvalue weighted by Crippen LogP contribution is -2.36. The average Bonchev–Trinajstić information content (AvgIpc) is 3.37. The molecule has 1 N–H and O–H groups in total. The van der Waals surface area contributed by atoms with Crippen LogP contribution in [0.25, 0.3) is 0 Å². The predicted octanol–water partition coefficient (Wildman–Crippen LogP) is 2.77. The minimum absolute atomic E-state index is 0.0357. The fraction of sp³-hybridized carbons (Fsp3) is 0.545. The summed E-state index contributed by atoms with van der Waals surface area (Å²) in [7, 11) is 0. The Labute approximate surface area is 184 Å². The van der Waals surface area contributed by atoms with E-state index in [4.69, 9.17) is 4.52 Å². The summed E-state index contributed by atoms with van der Waals surface area (Å²) in [5.41, 5.74) is 4.17. The second-order valence-corrected chi connectivity index (χ2v) is 9.46. The Morgan fingerprint density at radius 2 is 2.10 bits per heavy atom. The lowest BCUT2D eigenvalue weighted by Gasteiger charge is -2.17. The van der Waals surface area contributed by atoms with Gasteiger partial charge in [0.2, 0.25) is 0 Å². The molecular weight excluding hydrogens is 414 g/mol. The molecule has 8 nitrogen and oxygen atoms in total. The SMILES string of the molecule is Cc1noc(C)c1Cn1nc2n(c1=O)CCC(NC(=O)c1scc3c1CCCC3)CC2. The fourth-order valence-electron chi connectivity index (χ4n) is 4.71. The maximum absolute atomic E-state index is 12.9. The van der Waals surface area contributed by atoms with Crippen LogP contribution >= 0.6 is 11.3 Å². The van der Waals surface area contributed by atoms with Gasteiger partial charge in [-0.2, -0.15) is 5.10 Å². The van der Waals surface area contributed by atoms with Crippen LogP contribution in [-0.4, -0.2) is 31.5 Å². The molecule has 0 radical (unpaired) electrons. The van der Waals surface area contributed by atoms with E-state index in [9.17, 15) is 9.59 Å². The van der Waals surface area contributed by atoms with E-state index in [1.807, 2.05) is 13.8 Å². The zero-order valence-corrected chi connectivity index (χ0v) is 18.8. The van der Waals surface area contributed by atoms with Gasteiger partial charge in [-0.3, -0.25) is 9.36 Å². The summed E-state index contributed by atoms with van der Waals surface area (Å²) in [6.45, 7) is 4.64. The number of nitrogens with zero attached hydrogens (tertiary/aromatic N) is 4. The van der Waals surface area contributed by atoms with Crippen LogP contribution in [0, 0.1) is 13.8 Å². The van der Waals surface area contributed by atoms with Crippen LogP contribution < -0.4 is 11.0 Å². The first-order valence-corrected chi connectivity index (χ1v) is 11.9. The number of fused-ring (bicyclic) bond motifs is 2. The molecule has 164 valence electrons. The van der Waals surface area contributed by atoms with Gasteiger partial charge in [-0.05, 0) is 68.9 Å². The third-order valence-corrected chi connectivity index (χ3v) is 7.62. The highest BCUT2D eigenvalue weighted by Crippen LogP contribution is 2.30. The zero-order valence-electron chi connectivity index (χ0n) is 17.9. The van der Waals surface area contributed by atoms with E-state index in [1.54, 1.807) is 15.9 Å². The largest absolute Gasteiger partial charge is 0.361 e. The molecule has 9 heteroatoms. The Bertz CT molecular complexity index is 1170. The highest BCUT2D eigenvalue weighted by Gasteiger charge is 2.25. The van der Waals surface area contributed by atoms with Gasteiger partial charge in [-0.25, -0.2) is 9.48 Å². The first-order valence-electron chi connectivity index (χ1n) is 11.0. The molecule has 4 heterocycles. The van der Waals surface area contributed by atoms with Crippen molar-refractivity contribution in [1.29, 1.82) is 0 Å². The Morgan fingerprint density at radius 1 is 1.26 bits per heavy atom. The van der Waals surface area contributed by atoms with Gasteiger partial charge in [0.15, 0.2) is 0 Å². The van der Waals surface area contributed by atoms with Gasteiger partial charge in [0.1, 0.15) is 11.6 Å². The molecule has 1 aliphatic heterocycles. The summed E-state index contributed by atoms with van der Waals surface area (Å²) in [6, 6.07) is 0.0472. The van der Waals surface area contributed by atoms with Crippen LogP contribution in [0.4, 0.5) is 0 Å². The van der Waals surface area contributed by atoms with Crippen LogP contribution in [0.5, 0.6) is 0 Å². The van der Waals surface area contributed by atoms with Crippen molar-refractivity contribution in [2.45, 2.75) is 77.9 Å². The van der Waals surface area contributed by atoms with E-state index in [0.717, 1.165) is 54.1 Å². The molecule has 0 bridgehead atoms. The third-order valence-electron chi connectivity index (χ3n) is 6.55. The number of nitrogens with one attached hydrogen (secondary N) is 1. The Hall–Kier alpha value is -2.68. The van der Waals surface area contributed by atoms with E-state index in [0.29, 0.717) is 25.3 Å². The standard InChI is InChI=1S/C22H27N5O3S/c1-13-18(14(2)30-25-13)11-27-22(29)26-10-9-16(7-8-19(26)24-27)23-21(28)20-17-6-4-3-5-15(17)12-31-20/h12,16H,3-11H2,1-2H3,(H,23,28). The second kappa shape index (κ2) is 8.11. The molecule has 1 atom stereocenters. The number of amides is 1. The molecule has 1 amide bonds. The number of carbonyl (C=O) groups is 1. The van der Waals surface area contributed by atoms with Gasteiger partial charge in [0, 0.05) is 24.6 Å². The van der Waals surface area contributed by atoms with Gasteiger partial charge >= 0.3 is 5.69 Å². The summed E-state index contributed by atoms with van der Waals surface area (Å²) < 4.78 is 8.45. The molecule has 3 aromatic rings. The van der Waals surface area contributed by atoms with Crippen LogP contribution in [0.15, 0.2) is 14.7 Å². The van der Waals surface area contributed by atoms with E-state index >= 15 is 0 Å². The monoisotopic (exact) mass is 441 g/mol. The molecule has 0 saturated heterocycles. The number of aromatic nitrogens is 4. The normalized spacial score (nSPS) is 18.3. The third kappa shape index (κ3) is 3.75. The highest BCUT2D eigenvalue weighted by atomic mass is 32.1. The number of hydrogen-bond donors (Lipinski definition) is 1. The molecule has 0 fully saturated rings. The number of thiophene rings is 1. The van der Waals surface area contributed by atoms with Crippen molar-refractivity contribution < 1.29 is 9.32 Å². The zero-order chi connectivity index (χ0) is 21.5. The molecule has 0 spiro atoms. The summed E-state index contributed by atoms with van der Waals surface area (Å²) >= 11 is 1.57. The maximum Gasteiger partial charge on any atom is 0.346 e. The number of rotatable bonds is 4. The molecule has 5 rings (SSSR count). The fourth-order valence-corrected chi connectivity index (χ4v) is 5.78. The first kappa shape index (κ1) is 20.2. The molecule has 1 unspecified atom stereocenters. The minimum atomic E-state index is -0.116. The summed E-state index contributed by atoms with van der Waals surface area (Å²) in [6.07, 6.45) is 6.64. The maximum atomic E-state index is 12.9. The van der Waals surface area contributed by atoms with Crippen molar-refractivity contribution >= 4 is 17.2 Å². The molecule has 1 aliphatic carbocycles. The Morgan fingerprint density at radius 3 is 2.90 bits per heavy atom. The second-order valence-electron chi connectivity index (χ2n) is 8.58. The van der Waals surface area contributed by atoms with E-state index in [2.05, 4.69) is 21.0 Å². The molecule has 2 aliphatic rings. The van der Waals surface area contributed by atoms with Gasteiger partial charge in [0.25, 0.3) is 5.91 Å². The number of carbonyl (C=O) groups excluding carboxylic acids is 1. The lowest BCUT2D eigenvalue weighted by atomic mass is 9.93. The quantitative estimate of drug-likeness (QED) is 0.672. The van der Waals surface area contributed by atoms with E-state index in [1.165, 1.54) is 22.2 Å². The predicted molar refractivity (Wildman–Crippen MR) is 117 cm³/mol. The van der Waals surface area contributed by atoms with Crippen LogP contribution in [-0.2, 0) is 32.4 Å². The Kier molecular flexibility index (Phi) is 5.29. The van der Waals surface area contributed by atoms with Gasteiger partial charge < -0.3 is 9.84 Å². The minimum Gasteiger partial charge on any atom is -0.361 e. The van der Waals surface area contributed by atoms with Crippen molar-refractivity contribution in [2.75, 3.05) is 0 Å². The molecular formula is C22H27N5O3S. The molecule has 0 saturated carbocycles. The molecule has 3 aromatic heterocycles. The van der Waals surface area contributed by atoms with Gasteiger partial charge in [0.05, 0.1) is 17.1 Å². The van der Waals surface area contributed by atoms with E-state index in [-0.39, 0.29) is 17.6 Å². The van der Waals surface area contributed by atoms with Gasteiger partial charge in [-0.15, -0.1) is 11.3 Å². The van der Waals surface area contributed by atoms with Crippen molar-refractivity contribution in [3.8, 4) is 0 Å². The smallest absolute Gasteiger partial charge is 0.346 e. The van der Waals surface area contributed by atoms with E-state index < -0.39 is 0 Å². The number of hydrogen-bond acceptors (Lipinski definition) is 6. The average molecular weight is 442 g/mol. The van der Waals surface area contributed by atoms with Crippen molar-refractivity contribution in [1.82, 2.24) is 24.8 Å². The van der Waals surface area contributed by atoms with Crippen molar-refractivity contribution in [2.24, 2.45) is 0 Å². The topological polar surface area (TPSA) is 94.9 Å².